The zero-order chi connectivity index (χ0) is 15.7. The lowest BCUT2D eigenvalue weighted by molar-refractivity contribution is 0.0955. The fraction of sp³-hybridized carbons (Fsp3) is 0.312. The van der Waals surface area contributed by atoms with E-state index in [-0.39, 0.29) is 5.91 Å². The molecule has 1 aliphatic heterocycles. The summed E-state index contributed by atoms with van der Waals surface area (Å²) in [6.07, 6.45) is 0. The van der Waals surface area contributed by atoms with E-state index in [0.29, 0.717) is 36.3 Å². The van der Waals surface area contributed by atoms with E-state index in [9.17, 15) is 4.79 Å². The highest BCUT2D eigenvalue weighted by Crippen LogP contribution is 2.38. The van der Waals surface area contributed by atoms with Crippen LogP contribution in [0.3, 0.4) is 0 Å². The zero-order valence-corrected chi connectivity index (χ0v) is 13.9. The Bertz CT molecular complexity index is 707. The molecule has 0 saturated heterocycles. The number of ether oxygens (including phenoxy) is 2. The topological polar surface area (TPSA) is 47.6 Å². The van der Waals surface area contributed by atoms with Crippen LogP contribution in [0.5, 0.6) is 11.5 Å². The van der Waals surface area contributed by atoms with Gasteiger partial charge in [-0.25, -0.2) is 0 Å². The number of aryl methyl sites for hydroxylation is 2. The summed E-state index contributed by atoms with van der Waals surface area (Å²) in [5.41, 5.74) is 2.02. The summed E-state index contributed by atoms with van der Waals surface area (Å²) in [6.45, 7) is 5.42. The molecule has 1 amide bonds. The standard InChI is InChI=1S/C16H16ClNO3S/c1-9-5-14(22-10(9)2)16(19)18-8-11-6-12(17)15-13(7-11)20-3-4-21-15/h5-7H,3-4,8H2,1-2H3,(H,18,19). The maximum absolute atomic E-state index is 12.2. The molecule has 22 heavy (non-hydrogen) atoms. The summed E-state index contributed by atoms with van der Waals surface area (Å²) >= 11 is 7.69. The van der Waals surface area contributed by atoms with Gasteiger partial charge in [-0.05, 0) is 43.2 Å². The van der Waals surface area contributed by atoms with Crippen molar-refractivity contribution in [3.63, 3.8) is 0 Å². The molecule has 2 aromatic rings. The number of benzene rings is 1. The largest absolute Gasteiger partial charge is 0.486 e. The predicted octanol–water partition coefficient (Wildman–Crippen LogP) is 3.72. The van der Waals surface area contributed by atoms with E-state index in [1.54, 1.807) is 6.07 Å². The second-order valence-electron chi connectivity index (χ2n) is 5.13. The second kappa shape index (κ2) is 6.18. The van der Waals surface area contributed by atoms with Crippen molar-refractivity contribution in [3.05, 3.63) is 44.1 Å². The van der Waals surface area contributed by atoms with Gasteiger partial charge in [0.25, 0.3) is 5.91 Å². The monoisotopic (exact) mass is 337 g/mol. The highest BCUT2D eigenvalue weighted by Gasteiger charge is 2.17. The Kier molecular flexibility index (Phi) is 4.27. The minimum absolute atomic E-state index is 0.0767. The van der Waals surface area contributed by atoms with Crippen LogP contribution in [0.15, 0.2) is 18.2 Å². The molecular formula is C16H16ClNO3S. The van der Waals surface area contributed by atoms with E-state index >= 15 is 0 Å². The Labute approximate surface area is 138 Å². The fourth-order valence-corrected chi connectivity index (χ4v) is 3.46. The van der Waals surface area contributed by atoms with Crippen molar-refractivity contribution in [1.29, 1.82) is 0 Å². The molecule has 0 atom stereocenters. The summed E-state index contributed by atoms with van der Waals surface area (Å²) in [4.78, 5) is 14.0. The van der Waals surface area contributed by atoms with Gasteiger partial charge in [-0.3, -0.25) is 4.79 Å². The molecule has 0 aliphatic carbocycles. The Morgan fingerprint density at radius 3 is 2.77 bits per heavy atom. The second-order valence-corrected chi connectivity index (χ2v) is 6.80. The molecule has 1 aromatic heterocycles. The molecule has 0 fully saturated rings. The number of hydrogen-bond donors (Lipinski definition) is 1. The Hall–Kier alpha value is -1.72. The first-order valence-corrected chi connectivity index (χ1v) is 8.17. The maximum Gasteiger partial charge on any atom is 0.261 e. The number of fused-ring (bicyclic) bond motifs is 1. The van der Waals surface area contributed by atoms with Gasteiger partial charge in [-0.2, -0.15) is 0 Å². The number of amides is 1. The normalized spacial score (nSPS) is 13.0. The van der Waals surface area contributed by atoms with Crippen molar-refractivity contribution in [2.24, 2.45) is 0 Å². The SMILES string of the molecule is Cc1cc(C(=O)NCc2cc(Cl)c3c(c2)OCCO3)sc1C. The van der Waals surface area contributed by atoms with Gasteiger partial charge in [0.15, 0.2) is 11.5 Å². The maximum atomic E-state index is 12.2. The highest BCUT2D eigenvalue weighted by molar-refractivity contribution is 7.14. The number of nitrogens with one attached hydrogen (secondary N) is 1. The predicted molar refractivity (Wildman–Crippen MR) is 87.4 cm³/mol. The van der Waals surface area contributed by atoms with Crippen molar-refractivity contribution in [2.45, 2.75) is 20.4 Å². The van der Waals surface area contributed by atoms with Gasteiger partial charge in [-0.15, -0.1) is 11.3 Å². The number of rotatable bonds is 3. The van der Waals surface area contributed by atoms with E-state index in [4.69, 9.17) is 21.1 Å². The lowest BCUT2D eigenvalue weighted by Gasteiger charge is -2.20. The van der Waals surface area contributed by atoms with E-state index in [2.05, 4.69) is 5.32 Å². The van der Waals surface area contributed by atoms with Crippen molar-refractivity contribution in [1.82, 2.24) is 5.32 Å². The van der Waals surface area contributed by atoms with Crippen LogP contribution in [-0.2, 0) is 6.54 Å². The minimum atomic E-state index is -0.0767. The van der Waals surface area contributed by atoms with Crippen LogP contribution in [0.1, 0.15) is 25.7 Å². The molecule has 1 N–H and O–H groups in total. The van der Waals surface area contributed by atoms with Crippen LogP contribution >= 0.6 is 22.9 Å². The van der Waals surface area contributed by atoms with Crippen LogP contribution in [0.2, 0.25) is 5.02 Å². The molecule has 1 aliphatic rings. The number of carbonyl (C=O) groups is 1. The number of carbonyl (C=O) groups excluding carboxylic acids is 1. The summed E-state index contributed by atoms with van der Waals surface area (Å²) < 4.78 is 11.0. The summed E-state index contributed by atoms with van der Waals surface area (Å²) in [5, 5.41) is 3.41. The molecule has 6 heteroatoms. The molecule has 3 rings (SSSR count). The summed E-state index contributed by atoms with van der Waals surface area (Å²) in [6, 6.07) is 5.55. The first-order chi connectivity index (χ1) is 10.5. The van der Waals surface area contributed by atoms with Crippen LogP contribution in [0, 0.1) is 13.8 Å². The summed E-state index contributed by atoms with van der Waals surface area (Å²) in [7, 11) is 0. The van der Waals surface area contributed by atoms with Gasteiger partial charge in [0, 0.05) is 11.4 Å². The molecule has 0 radical (unpaired) electrons. The molecule has 0 bridgehead atoms. The van der Waals surface area contributed by atoms with Crippen molar-refractivity contribution >= 4 is 28.8 Å². The number of halogens is 1. The van der Waals surface area contributed by atoms with Crippen LogP contribution in [0.25, 0.3) is 0 Å². The van der Waals surface area contributed by atoms with E-state index in [1.165, 1.54) is 11.3 Å². The van der Waals surface area contributed by atoms with Gasteiger partial charge >= 0.3 is 0 Å². The summed E-state index contributed by atoms with van der Waals surface area (Å²) in [5.74, 6) is 1.13. The van der Waals surface area contributed by atoms with E-state index in [0.717, 1.165) is 20.9 Å². The average molecular weight is 338 g/mol. The molecular weight excluding hydrogens is 322 g/mol. The fourth-order valence-electron chi connectivity index (χ4n) is 2.22. The Morgan fingerprint density at radius 2 is 2.05 bits per heavy atom. The first-order valence-electron chi connectivity index (χ1n) is 6.98. The molecule has 0 unspecified atom stereocenters. The lowest BCUT2D eigenvalue weighted by atomic mass is 10.2. The molecule has 2 heterocycles. The van der Waals surface area contributed by atoms with E-state index in [1.807, 2.05) is 26.0 Å². The molecule has 1 aromatic carbocycles. The van der Waals surface area contributed by atoms with Crippen LogP contribution < -0.4 is 14.8 Å². The van der Waals surface area contributed by atoms with Crippen LogP contribution in [0.4, 0.5) is 0 Å². The van der Waals surface area contributed by atoms with Gasteiger partial charge in [0.2, 0.25) is 0 Å². The Morgan fingerprint density at radius 1 is 1.27 bits per heavy atom. The quantitative estimate of drug-likeness (QED) is 0.928. The van der Waals surface area contributed by atoms with Gasteiger partial charge in [0.1, 0.15) is 13.2 Å². The van der Waals surface area contributed by atoms with E-state index < -0.39 is 0 Å². The molecule has 116 valence electrons. The van der Waals surface area contributed by atoms with Gasteiger partial charge < -0.3 is 14.8 Å². The third-order valence-electron chi connectivity index (χ3n) is 3.50. The third kappa shape index (κ3) is 3.05. The molecule has 0 spiro atoms. The number of hydrogen-bond acceptors (Lipinski definition) is 4. The lowest BCUT2D eigenvalue weighted by Crippen LogP contribution is -2.22. The molecule has 4 nitrogen and oxygen atoms in total. The number of thiophene rings is 1. The third-order valence-corrected chi connectivity index (χ3v) is 4.93. The van der Waals surface area contributed by atoms with Crippen molar-refractivity contribution in [2.75, 3.05) is 13.2 Å². The highest BCUT2D eigenvalue weighted by atomic mass is 35.5. The average Bonchev–Trinajstić information content (AvgIpc) is 2.84. The Balaban J connectivity index is 1.71. The first kappa shape index (κ1) is 15.2. The van der Waals surface area contributed by atoms with Crippen molar-refractivity contribution in [3.8, 4) is 11.5 Å². The molecule has 0 saturated carbocycles. The van der Waals surface area contributed by atoms with Crippen LogP contribution in [-0.4, -0.2) is 19.1 Å². The smallest absolute Gasteiger partial charge is 0.261 e. The van der Waals surface area contributed by atoms with Crippen molar-refractivity contribution < 1.29 is 14.3 Å². The van der Waals surface area contributed by atoms with Gasteiger partial charge in [-0.1, -0.05) is 11.6 Å². The van der Waals surface area contributed by atoms with Gasteiger partial charge in [0.05, 0.1) is 9.90 Å². The minimum Gasteiger partial charge on any atom is -0.486 e. The zero-order valence-electron chi connectivity index (χ0n) is 12.4.